The van der Waals surface area contributed by atoms with E-state index >= 15 is 13.6 Å². The van der Waals surface area contributed by atoms with Gasteiger partial charge in [-0.15, -0.1) is 0 Å². The molecule has 2 saturated heterocycles. The summed E-state index contributed by atoms with van der Waals surface area (Å²) >= 11 is 0. The molecular weight excluding hydrogens is 907 g/mol. The number of nitrogens with zero attached hydrogens (tertiary/aromatic N) is 3. The monoisotopic (exact) mass is 966 g/mol. The van der Waals surface area contributed by atoms with E-state index in [1.165, 1.54) is 28.3 Å². The summed E-state index contributed by atoms with van der Waals surface area (Å²) in [6.07, 6.45) is -0.496. The van der Waals surface area contributed by atoms with Crippen LogP contribution in [0.25, 0.3) is 10.9 Å². The van der Waals surface area contributed by atoms with Gasteiger partial charge in [-0.1, -0.05) is 37.3 Å². The first-order valence-electron chi connectivity index (χ1n) is 23.0. The van der Waals surface area contributed by atoms with E-state index < -0.39 is 87.9 Å². The quantitative estimate of drug-likeness (QED) is 0.0971. The molecule has 1 saturated carbocycles. The Bertz CT molecular complexity index is 2580. The molecule has 69 heavy (non-hydrogen) atoms. The van der Waals surface area contributed by atoms with E-state index in [4.69, 9.17) is 39.4 Å². The standard InChI is InChI=1S/C45H54F2N4O8.C4H6O6/c1-8-42-14-11-16-51-17-15-43(36(42)51)30-19-31(34(56-5)20-33(30)49(4)37(43)45(55,40(54)58-7)38(42)59-25(2)52)44(39(53)57-6)21-26-18-27(41(3,46)47)23-50(22-26)24-29-28-12-9-10-13-32(28)48-35(29)44;5-1(3(7)8)2(6)4(9)10/h9-14,19-20,26-27,36-38,48,55H,8,15-18,21-24H2,1-7H3;1-2,5-6H,(H,7,8)(H,9,10)/t26?,27?,36?,37?,38?,42-,43-,44+,45+;/m1./s1. The third kappa shape index (κ3) is 7.30. The smallest absolute Gasteiger partial charge is 0.344 e. The first-order chi connectivity index (χ1) is 32.5. The highest BCUT2D eigenvalue weighted by molar-refractivity contribution is 5.95. The van der Waals surface area contributed by atoms with Crippen LogP contribution in [0.5, 0.6) is 5.75 Å². The number of esters is 3. The molecule has 1 aliphatic carbocycles. The number of para-hydroxylation sites is 1. The SMILES string of the molecule is CC[C@]12C=CCN3CC[C@@]4(c5cc([C@@]6(C(=O)OC)CC7CC(C(C)(F)F)CN(Cc8c6[nH]c6ccccc86)C7)c(OC)cc5N(C)C4[C@@](O)(C(=O)OC)C1OC(C)=O)C32.O=C(O)C(O)C(O)C(=O)O. The van der Waals surface area contributed by atoms with Gasteiger partial charge in [0.1, 0.15) is 11.2 Å². The van der Waals surface area contributed by atoms with E-state index in [1.807, 2.05) is 67.4 Å². The van der Waals surface area contributed by atoms with Gasteiger partial charge in [-0.25, -0.2) is 23.2 Å². The van der Waals surface area contributed by atoms with Gasteiger partial charge in [-0.3, -0.25) is 19.4 Å². The molecule has 1 spiro atoms. The number of methoxy groups -OCH3 is 3. The van der Waals surface area contributed by atoms with Crippen molar-refractivity contribution in [2.45, 2.75) is 106 Å². The number of ether oxygens (including phenoxy) is 4. The highest BCUT2D eigenvalue weighted by atomic mass is 19.3. The van der Waals surface area contributed by atoms with Crippen molar-refractivity contribution < 1.29 is 77.2 Å². The van der Waals surface area contributed by atoms with Crippen molar-refractivity contribution in [3.63, 3.8) is 0 Å². The molecule has 9 rings (SSSR count). The number of hydrogen-bond acceptors (Lipinski definition) is 15. The largest absolute Gasteiger partial charge is 0.496 e. The minimum Gasteiger partial charge on any atom is -0.496 e. The van der Waals surface area contributed by atoms with Crippen LogP contribution in [0.1, 0.15) is 68.8 Å². The number of nitrogens with one attached hydrogen (secondary N) is 1. The van der Waals surface area contributed by atoms with E-state index in [2.05, 4.69) is 14.8 Å². The van der Waals surface area contributed by atoms with Crippen LogP contribution in [0.4, 0.5) is 14.5 Å². The number of aliphatic hydroxyl groups excluding tert-OH is 2. The summed E-state index contributed by atoms with van der Waals surface area (Å²) in [5, 5.41) is 46.7. The molecule has 8 unspecified atom stereocenters. The highest BCUT2D eigenvalue weighted by Crippen LogP contribution is 2.68. The van der Waals surface area contributed by atoms with Crippen LogP contribution in [0.15, 0.2) is 48.6 Å². The van der Waals surface area contributed by atoms with E-state index in [-0.39, 0.29) is 31.3 Å². The third-order valence-corrected chi connectivity index (χ3v) is 16.1. The summed E-state index contributed by atoms with van der Waals surface area (Å²) in [5.74, 6) is -9.46. The number of aliphatic hydroxyl groups is 3. The predicted molar refractivity (Wildman–Crippen MR) is 242 cm³/mol. The first-order valence-corrected chi connectivity index (χ1v) is 23.0. The zero-order valence-electron chi connectivity index (χ0n) is 39.5. The number of carbonyl (C=O) groups is 5. The number of carbonyl (C=O) groups excluding carboxylic acids is 3. The number of H-pyrrole nitrogens is 1. The number of piperidine rings is 1. The second-order valence-electron chi connectivity index (χ2n) is 19.6. The Morgan fingerprint density at radius 1 is 0.957 bits per heavy atom. The number of carboxylic acid groups (broad SMARTS) is 2. The number of likely N-dealkylation sites (N-methyl/N-ethyl adjacent to an activating group) is 1. The van der Waals surface area contributed by atoms with Crippen LogP contribution in [-0.4, -0.2) is 167 Å². The van der Waals surface area contributed by atoms with E-state index in [1.54, 1.807) is 0 Å². The molecule has 3 aromatic rings. The number of anilines is 1. The van der Waals surface area contributed by atoms with Gasteiger partial charge in [-0.2, -0.15) is 0 Å². The molecule has 0 amide bonds. The second kappa shape index (κ2) is 17.6. The van der Waals surface area contributed by atoms with Gasteiger partial charge in [0.05, 0.1) is 27.4 Å². The third-order valence-electron chi connectivity index (χ3n) is 16.1. The van der Waals surface area contributed by atoms with Crippen molar-refractivity contribution in [1.82, 2.24) is 14.8 Å². The molecule has 6 heterocycles. The number of hydrogen-bond donors (Lipinski definition) is 6. The molecule has 12 atom stereocenters. The second-order valence-corrected chi connectivity index (χ2v) is 19.6. The Hall–Kier alpha value is -5.67. The van der Waals surface area contributed by atoms with E-state index in [9.17, 15) is 24.3 Å². The van der Waals surface area contributed by atoms with Gasteiger partial charge in [-0.05, 0) is 68.3 Å². The number of benzene rings is 2. The van der Waals surface area contributed by atoms with Crippen molar-refractivity contribution in [3.05, 3.63) is 70.9 Å². The van der Waals surface area contributed by atoms with Crippen LogP contribution < -0.4 is 9.64 Å². The molecule has 6 aliphatic rings. The van der Waals surface area contributed by atoms with Crippen molar-refractivity contribution in [2.75, 3.05) is 59.5 Å². The van der Waals surface area contributed by atoms with Crippen molar-refractivity contribution in [2.24, 2.45) is 17.3 Å². The molecule has 6 N–H and O–H groups in total. The summed E-state index contributed by atoms with van der Waals surface area (Å²) in [5.41, 5.74) is -1.64. The van der Waals surface area contributed by atoms with Crippen LogP contribution in [0, 0.1) is 17.3 Å². The van der Waals surface area contributed by atoms with Gasteiger partial charge < -0.3 is 54.4 Å². The molecule has 2 aromatic carbocycles. The van der Waals surface area contributed by atoms with Gasteiger partial charge in [0, 0.05) is 96.9 Å². The molecular formula is C49H60F2N4O14. The maximum Gasteiger partial charge on any atom is 0.344 e. The lowest BCUT2D eigenvalue weighted by Gasteiger charge is -2.63. The maximum atomic E-state index is 15.3. The molecule has 5 aliphatic heterocycles. The summed E-state index contributed by atoms with van der Waals surface area (Å²) in [4.78, 5) is 72.0. The minimum absolute atomic E-state index is 0.155. The number of aromatic nitrogens is 1. The fourth-order valence-corrected chi connectivity index (χ4v) is 13.5. The highest BCUT2D eigenvalue weighted by Gasteiger charge is 2.80. The number of aliphatic carboxylic acids is 2. The summed E-state index contributed by atoms with van der Waals surface area (Å²) in [6.45, 7) is 6.55. The number of aromatic amines is 1. The van der Waals surface area contributed by atoms with E-state index in [0.717, 1.165) is 29.0 Å². The molecule has 0 radical (unpaired) electrons. The number of halogens is 2. The summed E-state index contributed by atoms with van der Waals surface area (Å²) in [6, 6.07) is 10.3. The molecule has 374 valence electrons. The molecule has 3 fully saturated rings. The average Bonchev–Trinajstić information content (AvgIpc) is 3.97. The summed E-state index contributed by atoms with van der Waals surface area (Å²) < 4.78 is 54.3. The van der Waals surface area contributed by atoms with E-state index in [0.29, 0.717) is 61.7 Å². The van der Waals surface area contributed by atoms with Crippen molar-refractivity contribution >= 4 is 46.4 Å². The fourth-order valence-electron chi connectivity index (χ4n) is 13.5. The molecule has 2 bridgehead atoms. The molecule has 1 aromatic heterocycles. The Morgan fingerprint density at radius 3 is 2.22 bits per heavy atom. The van der Waals surface area contributed by atoms with Crippen LogP contribution in [0.2, 0.25) is 0 Å². The zero-order valence-corrected chi connectivity index (χ0v) is 39.5. The average molecular weight is 967 g/mol. The van der Waals surface area contributed by atoms with Gasteiger partial charge in [0.25, 0.3) is 0 Å². The Morgan fingerprint density at radius 2 is 1.62 bits per heavy atom. The minimum atomic E-state index is -2.94. The maximum absolute atomic E-state index is 15.3. The van der Waals surface area contributed by atoms with Gasteiger partial charge >= 0.3 is 29.8 Å². The number of fused-ring (bicyclic) bond motifs is 6. The van der Waals surface area contributed by atoms with Crippen molar-refractivity contribution in [1.29, 1.82) is 0 Å². The molecule has 20 heteroatoms. The van der Waals surface area contributed by atoms with Crippen molar-refractivity contribution in [3.8, 4) is 5.75 Å². The van der Waals surface area contributed by atoms with Crippen LogP contribution >= 0.6 is 0 Å². The zero-order chi connectivity index (χ0) is 50.3. The normalized spacial score (nSPS) is 32.9. The van der Waals surface area contributed by atoms with Crippen LogP contribution in [-0.2, 0) is 55.6 Å². The predicted octanol–water partition coefficient (Wildman–Crippen LogP) is 2.96. The Labute approximate surface area is 396 Å². The Kier molecular flexibility index (Phi) is 12.7. The first kappa shape index (κ1) is 49.7. The number of carboxylic acids is 2. The van der Waals surface area contributed by atoms with Gasteiger partial charge in [0.15, 0.2) is 18.3 Å². The summed E-state index contributed by atoms with van der Waals surface area (Å²) in [7, 11) is 5.94. The number of rotatable bonds is 10. The topological polar surface area (TPSA) is 249 Å². The lowest BCUT2D eigenvalue weighted by molar-refractivity contribution is -0.228. The Balaban J connectivity index is 0.000000579. The lowest BCUT2D eigenvalue weighted by Crippen LogP contribution is -2.81. The number of alkyl halides is 2. The lowest BCUT2D eigenvalue weighted by atomic mass is 9.47. The van der Waals surface area contributed by atoms with Crippen LogP contribution in [0.3, 0.4) is 0 Å². The fraction of sp³-hybridized carbons (Fsp3) is 0.571. The van der Waals surface area contributed by atoms with Gasteiger partial charge in [0.2, 0.25) is 11.5 Å². The molecule has 18 nitrogen and oxygen atoms in total.